The van der Waals surface area contributed by atoms with Crippen molar-refractivity contribution in [2.45, 2.75) is 111 Å². The largest absolute Gasteiger partial charge is 0.355 e. The summed E-state index contributed by atoms with van der Waals surface area (Å²) in [5, 5.41) is 5.23. The van der Waals surface area contributed by atoms with Crippen LogP contribution in [0, 0.1) is 40.4 Å². The lowest BCUT2D eigenvalue weighted by Gasteiger charge is -2.58. The summed E-state index contributed by atoms with van der Waals surface area (Å²) in [5.74, 6) is 3.87. The molecule has 0 amide bonds. The van der Waals surface area contributed by atoms with Gasteiger partial charge in [0.25, 0.3) is 0 Å². The second-order valence-corrected chi connectivity index (χ2v) is 14.3. The van der Waals surface area contributed by atoms with Crippen molar-refractivity contribution in [2.24, 2.45) is 45.6 Å². The monoisotopic (exact) mass is 565 g/mol. The number of halogens is 1. The molecule has 0 spiro atoms. The molecule has 4 aliphatic carbocycles. The number of hydrogen-bond acceptors (Lipinski definition) is 4. The summed E-state index contributed by atoms with van der Waals surface area (Å²) < 4.78 is 12.8. The Hall–Kier alpha value is -1.62. The van der Waals surface area contributed by atoms with E-state index in [1.807, 2.05) is 24.3 Å². The SMILES string of the molecule is CC[C@H]1OC(OC2CC[C@@]3(C)C(=CCC4C3CC[C@@]3(C)C4CC[C@@H]3/C(C)=N/Oc3ccccc3Cl)C2)C=C[C@@H]1C. The Bertz CT molecular complexity index is 1180. The normalized spacial score (nSPS) is 43.0. The summed E-state index contributed by atoms with van der Waals surface area (Å²) in [6.07, 6.45) is 18.2. The van der Waals surface area contributed by atoms with Crippen LogP contribution >= 0.6 is 11.6 Å². The van der Waals surface area contributed by atoms with Crippen LogP contribution in [0.3, 0.4) is 0 Å². The number of benzene rings is 1. The standard InChI is InChI=1S/C35H48ClNO3/c1-6-31-22(2)11-16-33(39-31)38-25-17-19-34(4)24(21-25)12-13-26-28-15-14-27(35(28,5)20-18-29(26)34)23(3)37-40-32-10-8-7-9-30(32)36/h7-12,16,22,25-29,31,33H,6,13-15,17-21H2,1-5H3/b37-23+/t22-,25?,26?,27+,28?,29?,31+,33?,34-,35+/m0/s1. The van der Waals surface area contributed by atoms with E-state index < -0.39 is 0 Å². The van der Waals surface area contributed by atoms with Crippen LogP contribution in [0.1, 0.15) is 92.4 Å². The maximum absolute atomic E-state index is 6.55. The van der Waals surface area contributed by atoms with Crippen molar-refractivity contribution in [3.63, 3.8) is 0 Å². The molecule has 0 saturated heterocycles. The van der Waals surface area contributed by atoms with Crippen LogP contribution in [0.5, 0.6) is 5.75 Å². The third-order valence-corrected chi connectivity index (χ3v) is 12.2. The molecular formula is C35H48ClNO3. The van der Waals surface area contributed by atoms with Crippen molar-refractivity contribution in [3.05, 3.63) is 53.1 Å². The lowest BCUT2D eigenvalue weighted by Crippen LogP contribution is -2.51. The van der Waals surface area contributed by atoms with E-state index in [0.29, 0.717) is 28.0 Å². The van der Waals surface area contributed by atoms with Gasteiger partial charge in [-0.15, -0.1) is 0 Å². The fourth-order valence-corrected chi connectivity index (χ4v) is 9.77. The number of nitrogens with zero attached hydrogens (tertiary/aromatic N) is 1. The first-order valence-electron chi connectivity index (χ1n) is 15.9. The molecule has 1 aromatic rings. The number of allylic oxidation sites excluding steroid dienone is 1. The van der Waals surface area contributed by atoms with Crippen LogP contribution in [0.4, 0.5) is 0 Å². The molecule has 4 nitrogen and oxygen atoms in total. The molecule has 5 aliphatic rings. The molecular weight excluding hydrogens is 518 g/mol. The van der Waals surface area contributed by atoms with Gasteiger partial charge >= 0.3 is 0 Å². The zero-order chi connectivity index (χ0) is 28.1. The van der Waals surface area contributed by atoms with Crippen LogP contribution in [0.2, 0.25) is 5.02 Å². The summed E-state index contributed by atoms with van der Waals surface area (Å²) in [4.78, 5) is 5.83. The second kappa shape index (κ2) is 11.2. The minimum absolute atomic E-state index is 0.190. The smallest absolute Gasteiger partial charge is 0.177 e. The number of oxime groups is 1. The van der Waals surface area contributed by atoms with Gasteiger partial charge < -0.3 is 14.3 Å². The van der Waals surface area contributed by atoms with Crippen molar-refractivity contribution < 1.29 is 14.3 Å². The maximum atomic E-state index is 6.55. The quantitative estimate of drug-likeness (QED) is 0.196. The van der Waals surface area contributed by atoms with Gasteiger partial charge in [-0.05, 0) is 112 Å². The molecule has 1 heterocycles. The Kier molecular flexibility index (Phi) is 8.00. The molecule has 1 aliphatic heterocycles. The zero-order valence-electron chi connectivity index (χ0n) is 25.1. The van der Waals surface area contributed by atoms with E-state index >= 15 is 0 Å². The minimum atomic E-state index is -0.190. The van der Waals surface area contributed by atoms with E-state index in [0.717, 1.165) is 42.7 Å². The molecule has 218 valence electrons. The molecule has 3 fully saturated rings. The molecule has 5 heteroatoms. The van der Waals surface area contributed by atoms with Gasteiger partial charge in [0, 0.05) is 11.8 Å². The van der Waals surface area contributed by atoms with Crippen LogP contribution in [-0.2, 0) is 9.47 Å². The number of para-hydroxylation sites is 1. The Morgan fingerprint density at radius 3 is 2.70 bits per heavy atom. The number of ether oxygens (including phenoxy) is 2. The highest BCUT2D eigenvalue weighted by Crippen LogP contribution is 2.66. The molecule has 0 N–H and O–H groups in total. The molecule has 1 aromatic carbocycles. The summed E-state index contributed by atoms with van der Waals surface area (Å²) in [6, 6.07) is 7.59. The lowest BCUT2D eigenvalue weighted by atomic mass is 9.47. The zero-order valence-corrected chi connectivity index (χ0v) is 25.8. The Balaban J connectivity index is 1.13. The van der Waals surface area contributed by atoms with Gasteiger partial charge in [-0.1, -0.05) is 74.3 Å². The molecule has 5 unspecified atom stereocenters. The first-order chi connectivity index (χ1) is 19.2. The number of hydrogen-bond donors (Lipinski definition) is 0. The van der Waals surface area contributed by atoms with E-state index in [-0.39, 0.29) is 23.9 Å². The fraction of sp³-hybridized carbons (Fsp3) is 0.686. The fourth-order valence-electron chi connectivity index (χ4n) is 9.60. The van der Waals surface area contributed by atoms with Gasteiger partial charge in [-0.2, -0.15) is 0 Å². The highest BCUT2D eigenvalue weighted by atomic mass is 35.5. The van der Waals surface area contributed by atoms with Crippen molar-refractivity contribution in [2.75, 3.05) is 0 Å². The second-order valence-electron chi connectivity index (χ2n) is 13.9. The average Bonchev–Trinajstić information content (AvgIpc) is 3.31. The minimum Gasteiger partial charge on any atom is -0.355 e. The predicted octanol–water partition coefficient (Wildman–Crippen LogP) is 9.39. The Morgan fingerprint density at radius 1 is 1.07 bits per heavy atom. The van der Waals surface area contributed by atoms with Crippen LogP contribution in [0.25, 0.3) is 0 Å². The Morgan fingerprint density at radius 2 is 1.90 bits per heavy atom. The molecule has 0 aromatic heterocycles. The summed E-state index contributed by atoms with van der Waals surface area (Å²) in [5.41, 5.74) is 3.38. The number of rotatable bonds is 6. The van der Waals surface area contributed by atoms with E-state index in [2.05, 4.69) is 58.0 Å². The number of fused-ring (bicyclic) bond motifs is 5. The average molecular weight is 566 g/mol. The first kappa shape index (κ1) is 28.5. The highest BCUT2D eigenvalue weighted by Gasteiger charge is 2.59. The third kappa shape index (κ3) is 5.01. The van der Waals surface area contributed by atoms with Crippen LogP contribution in [0.15, 0.2) is 53.2 Å². The van der Waals surface area contributed by atoms with Gasteiger partial charge in [0.05, 0.1) is 22.9 Å². The molecule has 40 heavy (non-hydrogen) atoms. The van der Waals surface area contributed by atoms with E-state index in [1.54, 1.807) is 5.57 Å². The molecule has 6 rings (SSSR count). The van der Waals surface area contributed by atoms with Crippen molar-refractivity contribution in [1.29, 1.82) is 0 Å². The van der Waals surface area contributed by atoms with Gasteiger partial charge in [-0.3, -0.25) is 0 Å². The van der Waals surface area contributed by atoms with Crippen LogP contribution < -0.4 is 4.84 Å². The summed E-state index contributed by atoms with van der Waals surface area (Å²) in [6.45, 7) is 11.7. The van der Waals surface area contributed by atoms with Gasteiger partial charge in [0.1, 0.15) is 0 Å². The lowest BCUT2D eigenvalue weighted by molar-refractivity contribution is -0.188. The maximum Gasteiger partial charge on any atom is 0.177 e. The first-order valence-corrected chi connectivity index (χ1v) is 16.3. The highest BCUT2D eigenvalue weighted by molar-refractivity contribution is 6.32. The van der Waals surface area contributed by atoms with Gasteiger partial charge in [-0.25, -0.2) is 0 Å². The van der Waals surface area contributed by atoms with E-state index in [9.17, 15) is 0 Å². The molecule has 3 saturated carbocycles. The van der Waals surface area contributed by atoms with Gasteiger partial charge in [0.15, 0.2) is 12.0 Å². The Labute approximate surface area is 246 Å². The third-order valence-electron chi connectivity index (χ3n) is 11.9. The predicted molar refractivity (Wildman–Crippen MR) is 163 cm³/mol. The molecule has 10 atom stereocenters. The van der Waals surface area contributed by atoms with Crippen molar-refractivity contribution in [1.82, 2.24) is 0 Å². The molecule has 0 radical (unpaired) electrons. The topological polar surface area (TPSA) is 40.0 Å². The summed E-state index contributed by atoms with van der Waals surface area (Å²) >= 11 is 6.31. The van der Waals surface area contributed by atoms with Gasteiger partial charge in [0.2, 0.25) is 0 Å². The van der Waals surface area contributed by atoms with E-state index in [1.165, 1.54) is 38.5 Å². The molecule has 0 bridgehead atoms. The summed E-state index contributed by atoms with van der Waals surface area (Å²) in [7, 11) is 0. The van der Waals surface area contributed by atoms with Crippen LogP contribution in [-0.4, -0.2) is 24.2 Å². The van der Waals surface area contributed by atoms with Crippen molar-refractivity contribution in [3.8, 4) is 5.75 Å². The van der Waals surface area contributed by atoms with E-state index in [4.69, 9.17) is 25.9 Å². The van der Waals surface area contributed by atoms with Crippen molar-refractivity contribution >= 4 is 17.3 Å².